The highest BCUT2D eigenvalue weighted by atomic mass is 127. The van der Waals surface area contributed by atoms with Crippen molar-refractivity contribution in [1.29, 1.82) is 0 Å². The van der Waals surface area contributed by atoms with Crippen molar-refractivity contribution in [2.75, 3.05) is 13.2 Å². The minimum Gasteiger partial charge on any atom is -0.493 e. The van der Waals surface area contributed by atoms with Crippen molar-refractivity contribution in [3.8, 4) is 5.75 Å². The summed E-state index contributed by atoms with van der Waals surface area (Å²) in [6, 6.07) is 8.50. The van der Waals surface area contributed by atoms with E-state index >= 15 is 0 Å². The molecule has 1 heterocycles. The van der Waals surface area contributed by atoms with Gasteiger partial charge in [-0.3, -0.25) is 0 Å². The van der Waals surface area contributed by atoms with Crippen LogP contribution < -0.4 is 15.4 Å². The van der Waals surface area contributed by atoms with Gasteiger partial charge in [-0.05, 0) is 55.9 Å². The topological polar surface area (TPSA) is 50.6 Å². The molecule has 2 N–H and O–H groups in total. The number of aryl methyl sites for hydroxylation is 2. The number of rotatable bonds is 8. The second-order valence-corrected chi connectivity index (χ2v) is 7.10. The Balaban J connectivity index is 0.00000261. The number of nitrogens with one attached hydrogen (secondary N) is 2. The molecule has 1 fully saturated rings. The number of nitrogens with zero attached hydrogens (tertiary/aromatic N) is 2. The lowest BCUT2D eigenvalue weighted by atomic mass is 10.1. The molecule has 0 atom stereocenters. The lowest BCUT2D eigenvalue weighted by Crippen LogP contribution is -2.36. The Labute approximate surface area is 179 Å². The number of halogens is 1. The standard InChI is InChI=1S/C21H30N4O.HI/c1-4-22-21(23-12-18-9-10-25(3)14-18)24-13-19-8-5-16(2)11-20(19)26-15-17-6-7-17;/h5,8-11,14,17H,4,6-7,12-13,15H2,1-3H3,(H2,22,23,24);1H. The quantitative estimate of drug-likeness (QED) is 0.340. The molecule has 1 aromatic heterocycles. The Hall–Kier alpha value is -1.70. The first-order chi connectivity index (χ1) is 12.6. The van der Waals surface area contributed by atoms with Gasteiger partial charge in [0.05, 0.1) is 13.2 Å². The highest BCUT2D eigenvalue weighted by Crippen LogP contribution is 2.30. The van der Waals surface area contributed by atoms with Crippen LogP contribution >= 0.6 is 24.0 Å². The summed E-state index contributed by atoms with van der Waals surface area (Å²) in [5.74, 6) is 2.56. The van der Waals surface area contributed by atoms with E-state index in [0.717, 1.165) is 30.8 Å². The summed E-state index contributed by atoms with van der Waals surface area (Å²) in [6.07, 6.45) is 6.74. The summed E-state index contributed by atoms with van der Waals surface area (Å²) < 4.78 is 8.11. The van der Waals surface area contributed by atoms with Crippen LogP contribution in [0.25, 0.3) is 0 Å². The number of hydrogen-bond acceptors (Lipinski definition) is 2. The second-order valence-electron chi connectivity index (χ2n) is 7.10. The summed E-state index contributed by atoms with van der Waals surface area (Å²) in [5.41, 5.74) is 3.60. The number of benzene rings is 1. The molecule has 0 spiro atoms. The SMILES string of the molecule is CCNC(=NCc1ccn(C)c1)NCc1ccc(C)cc1OCC1CC1.I. The van der Waals surface area contributed by atoms with Gasteiger partial charge in [-0.15, -0.1) is 24.0 Å². The largest absolute Gasteiger partial charge is 0.493 e. The number of aromatic nitrogens is 1. The summed E-state index contributed by atoms with van der Waals surface area (Å²) in [5, 5.41) is 6.74. The van der Waals surface area contributed by atoms with Gasteiger partial charge in [0.25, 0.3) is 0 Å². The first-order valence-corrected chi connectivity index (χ1v) is 9.49. The maximum Gasteiger partial charge on any atom is 0.191 e. The molecule has 0 radical (unpaired) electrons. The fourth-order valence-corrected chi connectivity index (χ4v) is 2.78. The zero-order valence-electron chi connectivity index (χ0n) is 16.5. The van der Waals surface area contributed by atoms with Crippen LogP contribution in [-0.2, 0) is 20.1 Å². The Bertz CT molecular complexity index is 752. The average molecular weight is 482 g/mol. The van der Waals surface area contributed by atoms with E-state index in [4.69, 9.17) is 4.74 Å². The van der Waals surface area contributed by atoms with E-state index < -0.39 is 0 Å². The van der Waals surface area contributed by atoms with E-state index in [0.29, 0.717) is 13.1 Å². The van der Waals surface area contributed by atoms with Crippen LogP contribution in [0, 0.1) is 12.8 Å². The van der Waals surface area contributed by atoms with Crippen LogP contribution in [-0.4, -0.2) is 23.7 Å². The Morgan fingerprint density at radius 2 is 2.07 bits per heavy atom. The molecule has 1 aromatic carbocycles. The number of hydrogen-bond donors (Lipinski definition) is 2. The van der Waals surface area contributed by atoms with Crippen LogP contribution in [0.3, 0.4) is 0 Å². The smallest absolute Gasteiger partial charge is 0.191 e. The Morgan fingerprint density at radius 3 is 2.74 bits per heavy atom. The second kappa shape index (κ2) is 10.6. The van der Waals surface area contributed by atoms with Gasteiger partial charge < -0.3 is 19.9 Å². The highest BCUT2D eigenvalue weighted by Gasteiger charge is 2.22. The summed E-state index contributed by atoms with van der Waals surface area (Å²) in [6.45, 7) is 7.20. The fourth-order valence-electron chi connectivity index (χ4n) is 2.78. The van der Waals surface area contributed by atoms with Gasteiger partial charge in [-0.1, -0.05) is 12.1 Å². The molecule has 0 amide bonds. The molecule has 148 valence electrons. The van der Waals surface area contributed by atoms with Crippen LogP contribution in [0.4, 0.5) is 0 Å². The van der Waals surface area contributed by atoms with Crippen molar-refractivity contribution < 1.29 is 4.74 Å². The highest BCUT2D eigenvalue weighted by molar-refractivity contribution is 14.0. The molecular formula is C21H31IN4O. The molecule has 1 aliphatic rings. The molecule has 5 nitrogen and oxygen atoms in total. The maximum absolute atomic E-state index is 6.06. The van der Waals surface area contributed by atoms with E-state index in [9.17, 15) is 0 Å². The van der Waals surface area contributed by atoms with E-state index in [-0.39, 0.29) is 24.0 Å². The summed E-state index contributed by atoms with van der Waals surface area (Å²) >= 11 is 0. The first kappa shape index (κ1) is 21.6. The predicted molar refractivity (Wildman–Crippen MR) is 122 cm³/mol. The van der Waals surface area contributed by atoms with Gasteiger partial charge in [0.1, 0.15) is 5.75 Å². The molecule has 0 unspecified atom stereocenters. The van der Waals surface area contributed by atoms with Crippen molar-refractivity contribution >= 4 is 29.9 Å². The Kier molecular flexibility index (Phi) is 8.47. The monoisotopic (exact) mass is 482 g/mol. The third-order valence-corrected chi connectivity index (χ3v) is 4.50. The van der Waals surface area contributed by atoms with E-state index in [1.807, 2.05) is 17.8 Å². The molecule has 27 heavy (non-hydrogen) atoms. The van der Waals surface area contributed by atoms with Gasteiger partial charge in [-0.2, -0.15) is 0 Å². The summed E-state index contributed by atoms with van der Waals surface area (Å²) in [4.78, 5) is 4.68. The van der Waals surface area contributed by atoms with Crippen LogP contribution in [0.5, 0.6) is 5.75 Å². The van der Waals surface area contributed by atoms with Gasteiger partial charge in [-0.25, -0.2) is 4.99 Å². The molecule has 3 rings (SSSR count). The van der Waals surface area contributed by atoms with Crippen molar-refractivity contribution in [3.63, 3.8) is 0 Å². The number of ether oxygens (including phenoxy) is 1. The third-order valence-electron chi connectivity index (χ3n) is 4.50. The summed E-state index contributed by atoms with van der Waals surface area (Å²) in [7, 11) is 2.03. The lowest BCUT2D eigenvalue weighted by molar-refractivity contribution is 0.296. The molecule has 1 aliphatic carbocycles. The zero-order valence-corrected chi connectivity index (χ0v) is 18.8. The molecule has 6 heteroatoms. The van der Waals surface area contributed by atoms with Crippen molar-refractivity contribution in [3.05, 3.63) is 53.3 Å². The van der Waals surface area contributed by atoms with Gasteiger partial charge in [0.15, 0.2) is 5.96 Å². The van der Waals surface area contributed by atoms with Gasteiger partial charge >= 0.3 is 0 Å². The van der Waals surface area contributed by atoms with Crippen molar-refractivity contribution in [2.24, 2.45) is 18.0 Å². The lowest BCUT2D eigenvalue weighted by Gasteiger charge is -2.15. The molecule has 0 aliphatic heterocycles. The number of aliphatic imine (C=N–C) groups is 1. The van der Waals surface area contributed by atoms with E-state index in [2.05, 4.69) is 59.9 Å². The predicted octanol–water partition coefficient (Wildman–Crippen LogP) is 4.00. The fraction of sp³-hybridized carbons (Fsp3) is 0.476. The average Bonchev–Trinajstić information content (AvgIpc) is 3.37. The van der Waals surface area contributed by atoms with Gasteiger partial charge in [0, 0.05) is 38.1 Å². The molecule has 0 saturated heterocycles. The molecule has 1 saturated carbocycles. The molecular weight excluding hydrogens is 451 g/mol. The first-order valence-electron chi connectivity index (χ1n) is 9.49. The zero-order chi connectivity index (χ0) is 18.4. The molecule has 2 aromatic rings. The van der Waals surface area contributed by atoms with Crippen LogP contribution in [0.15, 0.2) is 41.7 Å². The van der Waals surface area contributed by atoms with Crippen LogP contribution in [0.1, 0.15) is 36.5 Å². The van der Waals surface area contributed by atoms with Crippen LogP contribution in [0.2, 0.25) is 0 Å². The van der Waals surface area contributed by atoms with Crippen molar-refractivity contribution in [1.82, 2.24) is 15.2 Å². The third kappa shape index (κ3) is 7.08. The number of guanidine groups is 1. The van der Waals surface area contributed by atoms with Crippen molar-refractivity contribution in [2.45, 2.75) is 39.8 Å². The normalized spacial score (nSPS) is 13.8. The minimum atomic E-state index is 0. The van der Waals surface area contributed by atoms with E-state index in [1.54, 1.807) is 0 Å². The molecule has 0 bridgehead atoms. The van der Waals surface area contributed by atoms with Gasteiger partial charge in [0.2, 0.25) is 0 Å². The maximum atomic E-state index is 6.06. The van der Waals surface area contributed by atoms with E-state index in [1.165, 1.54) is 29.5 Å². The minimum absolute atomic E-state index is 0. The Morgan fingerprint density at radius 1 is 1.26 bits per heavy atom.